The van der Waals surface area contributed by atoms with Gasteiger partial charge in [-0.05, 0) is 57.1 Å². The van der Waals surface area contributed by atoms with Crippen LogP contribution < -0.4 is 10.6 Å². The number of urea groups is 1. The Kier molecular flexibility index (Phi) is 4.78. The molecule has 3 rings (SSSR count). The summed E-state index contributed by atoms with van der Waals surface area (Å²) in [6.07, 6.45) is 4.92. The topological polar surface area (TPSA) is 61.4 Å². The summed E-state index contributed by atoms with van der Waals surface area (Å²) in [6, 6.07) is 6.69. The Bertz CT molecular complexity index is 609. The summed E-state index contributed by atoms with van der Waals surface area (Å²) in [4.78, 5) is 26.3. The van der Waals surface area contributed by atoms with E-state index in [1.807, 2.05) is 36.9 Å². The lowest BCUT2D eigenvalue weighted by Crippen LogP contribution is -2.59. The molecule has 1 aromatic rings. The fourth-order valence-corrected chi connectivity index (χ4v) is 4.30. The predicted octanol–water partition coefficient (Wildman–Crippen LogP) is 3.36. The second-order valence-electron chi connectivity index (χ2n) is 7.21. The number of anilines is 1. The van der Waals surface area contributed by atoms with E-state index in [9.17, 15) is 9.59 Å². The van der Waals surface area contributed by atoms with Gasteiger partial charge in [0.15, 0.2) is 0 Å². The zero-order valence-electron chi connectivity index (χ0n) is 14.8. The van der Waals surface area contributed by atoms with Crippen molar-refractivity contribution in [2.45, 2.75) is 71.0 Å². The van der Waals surface area contributed by atoms with Crippen molar-refractivity contribution in [2.24, 2.45) is 0 Å². The quantitative estimate of drug-likeness (QED) is 0.874. The third-order valence-corrected chi connectivity index (χ3v) is 5.33. The van der Waals surface area contributed by atoms with Gasteiger partial charge in [-0.2, -0.15) is 0 Å². The summed E-state index contributed by atoms with van der Waals surface area (Å²) in [5, 5.41) is 6.17. The molecule has 130 valence electrons. The van der Waals surface area contributed by atoms with Crippen LogP contribution >= 0.6 is 0 Å². The Balaban J connectivity index is 1.74. The zero-order chi connectivity index (χ0) is 17.3. The van der Waals surface area contributed by atoms with Crippen molar-refractivity contribution in [3.05, 3.63) is 29.3 Å². The first-order valence-electron chi connectivity index (χ1n) is 8.88. The van der Waals surface area contributed by atoms with E-state index in [0.29, 0.717) is 0 Å². The fourth-order valence-electron chi connectivity index (χ4n) is 4.30. The molecule has 2 heterocycles. The van der Waals surface area contributed by atoms with Crippen molar-refractivity contribution < 1.29 is 9.59 Å². The highest BCUT2D eigenvalue weighted by molar-refractivity contribution is 5.91. The highest BCUT2D eigenvalue weighted by Crippen LogP contribution is 2.35. The molecule has 2 fully saturated rings. The molecular weight excluding hydrogens is 302 g/mol. The molecule has 2 aliphatic rings. The molecule has 2 saturated heterocycles. The van der Waals surface area contributed by atoms with Gasteiger partial charge in [-0.25, -0.2) is 4.79 Å². The lowest BCUT2D eigenvalue weighted by atomic mass is 9.82. The van der Waals surface area contributed by atoms with Gasteiger partial charge < -0.3 is 15.5 Å². The molecule has 2 bridgehead atoms. The average molecular weight is 329 g/mol. The van der Waals surface area contributed by atoms with Gasteiger partial charge in [0, 0.05) is 30.7 Å². The number of nitrogens with zero attached hydrogens (tertiary/aromatic N) is 1. The minimum Gasteiger partial charge on any atom is -0.353 e. The number of benzene rings is 1. The molecule has 2 atom stereocenters. The smallest absolute Gasteiger partial charge is 0.322 e. The summed E-state index contributed by atoms with van der Waals surface area (Å²) in [5.74, 6) is 0.0199. The molecular formula is C19H27N3O2. The molecule has 0 aromatic heterocycles. The Morgan fingerprint density at radius 1 is 1.08 bits per heavy atom. The third kappa shape index (κ3) is 3.40. The van der Waals surface area contributed by atoms with Gasteiger partial charge in [0.1, 0.15) is 0 Å². The van der Waals surface area contributed by atoms with Crippen molar-refractivity contribution in [1.82, 2.24) is 10.2 Å². The van der Waals surface area contributed by atoms with Crippen LogP contribution in [-0.2, 0) is 4.79 Å². The maximum absolute atomic E-state index is 12.9. The van der Waals surface area contributed by atoms with Crippen LogP contribution in [0, 0.1) is 13.8 Å². The first-order valence-corrected chi connectivity index (χ1v) is 8.88. The summed E-state index contributed by atoms with van der Waals surface area (Å²) in [6.45, 7) is 5.61. The highest BCUT2D eigenvalue weighted by Gasteiger charge is 2.41. The maximum atomic E-state index is 12.9. The van der Waals surface area contributed by atoms with Gasteiger partial charge in [-0.15, -0.1) is 0 Å². The molecule has 0 aliphatic carbocycles. The fraction of sp³-hybridized carbons (Fsp3) is 0.579. The molecule has 2 N–H and O–H groups in total. The van der Waals surface area contributed by atoms with E-state index in [0.717, 1.165) is 48.9 Å². The summed E-state index contributed by atoms with van der Waals surface area (Å²) in [7, 11) is 0. The van der Waals surface area contributed by atoms with Crippen molar-refractivity contribution in [3.8, 4) is 0 Å². The molecule has 3 amide bonds. The number of fused-ring (bicyclic) bond motifs is 2. The van der Waals surface area contributed by atoms with Crippen molar-refractivity contribution >= 4 is 17.6 Å². The highest BCUT2D eigenvalue weighted by atomic mass is 16.2. The second kappa shape index (κ2) is 6.83. The summed E-state index contributed by atoms with van der Waals surface area (Å²) >= 11 is 0. The number of carbonyl (C=O) groups is 2. The maximum Gasteiger partial charge on any atom is 0.322 e. The molecule has 0 radical (unpaired) electrons. The van der Waals surface area contributed by atoms with Gasteiger partial charge in [0.25, 0.3) is 0 Å². The van der Waals surface area contributed by atoms with Crippen molar-refractivity contribution in [1.29, 1.82) is 0 Å². The SMILES string of the molecule is CC(=O)NC1C[C@H]2CCC[C@H](C1)N2C(=O)Nc1c(C)cccc1C. The number of rotatable bonds is 2. The number of amides is 3. The van der Waals surface area contributed by atoms with E-state index in [1.54, 1.807) is 6.92 Å². The van der Waals surface area contributed by atoms with E-state index in [1.165, 1.54) is 0 Å². The normalized spacial score (nSPS) is 26.0. The van der Waals surface area contributed by atoms with Crippen LogP contribution in [0.4, 0.5) is 10.5 Å². The number of piperidine rings is 2. The van der Waals surface area contributed by atoms with Crippen LogP contribution in [0.3, 0.4) is 0 Å². The summed E-state index contributed by atoms with van der Waals surface area (Å²) < 4.78 is 0. The first-order chi connectivity index (χ1) is 11.5. The van der Waals surface area contributed by atoms with Crippen molar-refractivity contribution in [3.63, 3.8) is 0 Å². The molecule has 0 spiro atoms. The number of aryl methyl sites for hydroxylation is 2. The van der Waals surface area contributed by atoms with Crippen LogP contribution in [0.1, 0.15) is 50.2 Å². The molecule has 24 heavy (non-hydrogen) atoms. The minimum absolute atomic E-state index is 0.00313. The molecule has 5 heteroatoms. The predicted molar refractivity (Wildman–Crippen MR) is 95.0 cm³/mol. The number of hydrogen-bond acceptors (Lipinski definition) is 2. The zero-order valence-corrected chi connectivity index (χ0v) is 14.8. The van der Waals surface area contributed by atoms with Crippen molar-refractivity contribution in [2.75, 3.05) is 5.32 Å². The Labute approximate surface area is 143 Å². The monoisotopic (exact) mass is 329 g/mol. The van der Waals surface area contributed by atoms with E-state index >= 15 is 0 Å². The molecule has 2 aliphatic heterocycles. The molecule has 0 unspecified atom stereocenters. The van der Waals surface area contributed by atoms with Gasteiger partial charge in [-0.3, -0.25) is 4.79 Å². The standard InChI is InChI=1S/C19H27N3O2/c1-12-6-4-7-13(2)18(12)21-19(24)22-16-8-5-9-17(22)11-15(10-16)20-14(3)23/h4,6-7,15-17H,5,8-11H2,1-3H3,(H,20,23)(H,21,24)/t16-,17-/m1/s1. The first kappa shape index (κ1) is 16.8. The molecule has 0 saturated carbocycles. The Morgan fingerprint density at radius 2 is 1.67 bits per heavy atom. The van der Waals surface area contributed by atoms with Gasteiger partial charge in [-0.1, -0.05) is 18.2 Å². The second-order valence-corrected chi connectivity index (χ2v) is 7.21. The van der Waals surface area contributed by atoms with Crippen LogP contribution in [0.25, 0.3) is 0 Å². The Hall–Kier alpha value is -2.04. The van der Waals surface area contributed by atoms with Gasteiger partial charge in [0.2, 0.25) is 5.91 Å². The van der Waals surface area contributed by atoms with Gasteiger partial charge >= 0.3 is 6.03 Å². The van der Waals surface area contributed by atoms with E-state index in [-0.39, 0.29) is 30.1 Å². The number of hydrogen-bond donors (Lipinski definition) is 2. The Morgan fingerprint density at radius 3 is 2.21 bits per heavy atom. The lowest BCUT2D eigenvalue weighted by molar-refractivity contribution is -0.120. The number of carbonyl (C=O) groups excluding carboxylic acids is 2. The number of para-hydroxylation sites is 1. The lowest BCUT2D eigenvalue weighted by Gasteiger charge is -2.48. The summed E-state index contributed by atoms with van der Waals surface area (Å²) in [5.41, 5.74) is 3.09. The molecule has 5 nitrogen and oxygen atoms in total. The van der Waals surface area contributed by atoms with E-state index in [4.69, 9.17) is 0 Å². The van der Waals surface area contributed by atoms with Crippen LogP contribution in [-0.4, -0.2) is 35.0 Å². The van der Waals surface area contributed by atoms with E-state index < -0.39 is 0 Å². The van der Waals surface area contributed by atoms with Crippen LogP contribution in [0.2, 0.25) is 0 Å². The minimum atomic E-state index is 0.00313. The van der Waals surface area contributed by atoms with Crippen LogP contribution in [0.15, 0.2) is 18.2 Å². The third-order valence-electron chi connectivity index (χ3n) is 5.33. The largest absolute Gasteiger partial charge is 0.353 e. The van der Waals surface area contributed by atoms with Crippen LogP contribution in [0.5, 0.6) is 0 Å². The number of nitrogens with one attached hydrogen (secondary N) is 2. The van der Waals surface area contributed by atoms with E-state index in [2.05, 4.69) is 10.6 Å². The molecule has 1 aromatic carbocycles. The average Bonchev–Trinajstić information content (AvgIpc) is 2.49. The van der Waals surface area contributed by atoms with Gasteiger partial charge in [0.05, 0.1) is 0 Å².